The number of hydrogen-bond acceptors (Lipinski definition) is 3. The Bertz CT molecular complexity index is 810. The largest absolute Gasteiger partial charge is 0.461 e. The molecule has 2 aromatic rings. The van der Waals surface area contributed by atoms with Gasteiger partial charge in [0.2, 0.25) is 11.8 Å². The van der Waals surface area contributed by atoms with Crippen LogP contribution in [0.2, 0.25) is 0 Å². The van der Waals surface area contributed by atoms with E-state index in [2.05, 4.69) is 5.32 Å². The van der Waals surface area contributed by atoms with Crippen molar-refractivity contribution in [2.45, 2.75) is 39.0 Å². The van der Waals surface area contributed by atoms with Gasteiger partial charge in [0.1, 0.15) is 17.3 Å². The molecule has 1 fully saturated rings. The number of rotatable bonds is 7. The maximum absolute atomic E-state index is 13.8. The predicted molar refractivity (Wildman–Crippen MR) is 105 cm³/mol. The van der Waals surface area contributed by atoms with Crippen LogP contribution in [0.25, 0.3) is 11.3 Å². The fourth-order valence-electron chi connectivity index (χ4n) is 3.49. The SMILES string of the molecule is CCCNC(=O)C1CCN(C(=O)CCc2ccc(-c3ccccc3F)o2)CC1. The van der Waals surface area contributed by atoms with Crippen LogP contribution < -0.4 is 5.32 Å². The fourth-order valence-corrected chi connectivity index (χ4v) is 3.49. The molecule has 1 aliphatic heterocycles. The first-order valence-corrected chi connectivity index (χ1v) is 9.97. The van der Waals surface area contributed by atoms with Crippen molar-refractivity contribution in [1.82, 2.24) is 10.2 Å². The molecule has 0 aliphatic carbocycles. The number of hydrogen-bond donors (Lipinski definition) is 1. The first kappa shape index (κ1) is 20.1. The van der Waals surface area contributed by atoms with Crippen molar-refractivity contribution in [1.29, 1.82) is 0 Å². The van der Waals surface area contributed by atoms with Gasteiger partial charge in [0.25, 0.3) is 0 Å². The maximum Gasteiger partial charge on any atom is 0.223 e. The fraction of sp³-hybridized carbons (Fsp3) is 0.455. The Balaban J connectivity index is 1.47. The van der Waals surface area contributed by atoms with Gasteiger partial charge in [0.15, 0.2) is 0 Å². The van der Waals surface area contributed by atoms with E-state index in [1.807, 2.05) is 11.8 Å². The van der Waals surface area contributed by atoms with Gasteiger partial charge in [-0.25, -0.2) is 4.39 Å². The van der Waals surface area contributed by atoms with Gasteiger partial charge >= 0.3 is 0 Å². The summed E-state index contributed by atoms with van der Waals surface area (Å²) in [5.41, 5.74) is 0.420. The van der Waals surface area contributed by atoms with Crippen LogP contribution in [0.1, 0.15) is 38.4 Å². The highest BCUT2D eigenvalue weighted by molar-refractivity contribution is 5.80. The van der Waals surface area contributed by atoms with E-state index in [1.165, 1.54) is 6.07 Å². The second kappa shape index (κ2) is 9.53. The van der Waals surface area contributed by atoms with Crippen LogP contribution >= 0.6 is 0 Å². The zero-order chi connectivity index (χ0) is 19.9. The van der Waals surface area contributed by atoms with E-state index in [1.54, 1.807) is 30.3 Å². The molecule has 5 nitrogen and oxygen atoms in total. The molecule has 0 atom stereocenters. The molecule has 150 valence electrons. The lowest BCUT2D eigenvalue weighted by atomic mass is 9.95. The molecule has 0 spiro atoms. The van der Waals surface area contributed by atoms with Gasteiger partial charge in [0, 0.05) is 38.4 Å². The maximum atomic E-state index is 13.8. The molecule has 0 unspecified atom stereocenters. The third-order valence-electron chi connectivity index (χ3n) is 5.15. The van der Waals surface area contributed by atoms with Crippen molar-refractivity contribution in [3.8, 4) is 11.3 Å². The minimum Gasteiger partial charge on any atom is -0.461 e. The van der Waals surface area contributed by atoms with Crippen molar-refractivity contribution in [2.24, 2.45) is 5.92 Å². The molecule has 2 heterocycles. The number of halogens is 1. The molecule has 28 heavy (non-hydrogen) atoms. The molecule has 6 heteroatoms. The predicted octanol–water partition coefficient (Wildman–Crippen LogP) is 3.78. The molecule has 2 amide bonds. The summed E-state index contributed by atoms with van der Waals surface area (Å²) >= 11 is 0. The average Bonchev–Trinajstić information content (AvgIpc) is 3.19. The summed E-state index contributed by atoms with van der Waals surface area (Å²) < 4.78 is 19.6. The van der Waals surface area contributed by atoms with Crippen LogP contribution in [-0.4, -0.2) is 36.3 Å². The lowest BCUT2D eigenvalue weighted by Gasteiger charge is -2.31. The summed E-state index contributed by atoms with van der Waals surface area (Å²) in [4.78, 5) is 26.3. The standard InChI is InChI=1S/C22H27FN2O3/c1-2-13-24-22(27)16-11-14-25(15-12-16)21(26)10-8-17-7-9-20(28-17)18-5-3-4-6-19(18)23/h3-7,9,16H,2,8,10-15H2,1H3,(H,24,27). The summed E-state index contributed by atoms with van der Waals surface area (Å²) in [6, 6.07) is 9.99. The molecular formula is C22H27FN2O3. The van der Waals surface area contributed by atoms with Gasteiger partial charge in [-0.2, -0.15) is 0 Å². The number of aryl methyl sites for hydroxylation is 1. The summed E-state index contributed by atoms with van der Waals surface area (Å²) in [7, 11) is 0. The third kappa shape index (κ3) is 5.00. The molecule has 1 saturated heterocycles. The van der Waals surface area contributed by atoms with Crippen LogP contribution in [0.4, 0.5) is 4.39 Å². The number of likely N-dealkylation sites (tertiary alicyclic amines) is 1. The first-order chi connectivity index (χ1) is 13.6. The quantitative estimate of drug-likeness (QED) is 0.788. The molecule has 1 N–H and O–H groups in total. The first-order valence-electron chi connectivity index (χ1n) is 9.97. The smallest absolute Gasteiger partial charge is 0.223 e. The topological polar surface area (TPSA) is 62.6 Å². The highest BCUT2D eigenvalue weighted by Gasteiger charge is 2.27. The van der Waals surface area contributed by atoms with E-state index in [0.29, 0.717) is 62.4 Å². The zero-order valence-corrected chi connectivity index (χ0v) is 16.2. The van der Waals surface area contributed by atoms with Crippen LogP contribution in [0.15, 0.2) is 40.8 Å². The highest BCUT2D eigenvalue weighted by atomic mass is 19.1. The van der Waals surface area contributed by atoms with E-state index >= 15 is 0 Å². The average molecular weight is 386 g/mol. The number of carbonyl (C=O) groups excluding carboxylic acids is 2. The molecule has 1 aromatic carbocycles. The van der Waals surface area contributed by atoms with E-state index in [9.17, 15) is 14.0 Å². The summed E-state index contributed by atoms with van der Waals surface area (Å²) in [5.74, 6) is 0.982. The number of piperidine rings is 1. The van der Waals surface area contributed by atoms with Gasteiger partial charge in [-0.05, 0) is 43.5 Å². The highest BCUT2D eigenvalue weighted by Crippen LogP contribution is 2.25. The van der Waals surface area contributed by atoms with Crippen LogP contribution in [-0.2, 0) is 16.0 Å². The summed E-state index contributed by atoms with van der Waals surface area (Å²) in [5, 5.41) is 2.93. The van der Waals surface area contributed by atoms with Gasteiger partial charge in [-0.1, -0.05) is 19.1 Å². The minimum atomic E-state index is -0.328. The number of carbonyl (C=O) groups is 2. The summed E-state index contributed by atoms with van der Waals surface area (Å²) in [6.45, 7) is 3.96. The van der Waals surface area contributed by atoms with Gasteiger partial charge in [0.05, 0.1) is 5.56 Å². The molecular weight excluding hydrogens is 359 g/mol. The van der Waals surface area contributed by atoms with Crippen LogP contribution in [0, 0.1) is 11.7 Å². The van der Waals surface area contributed by atoms with Crippen molar-refractivity contribution in [2.75, 3.05) is 19.6 Å². The molecule has 0 saturated carbocycles. The second-order valence-corrected chi connectivity index (χ2v) is 7.19. The minimum absolute atomic E-state index is 0.00370. The van der Waals surface area contributed by atoms with Crippen molar-refractivity contribution in [3.05, 3.63) is 48.0 Å². The Labute approximate surface area is 164 Å². The van der Waals surface area contributed by atoms with Crippen molar-refractivity contribution in [3.63, 3.8) is 0 Å². The van der Waals surface area contributed by atoms with Crippen molar-refractivity contribution < 1.29 is 18.4 Å². The number of nitrogens with zero attached hydrogens (tertiary/aromatic N) is 1. The number of furan rings is 1. The number of amides is 2. The number of benzene rings is 1. The van der Waals surface area contributed by atoms with Gasteiger partial charge in [-0.3, -0.25) is 9.59 Å². The van der Waals surface area contributed by atoms with Crippen molar-refractivity contribution >= 4 is 11.8 Å². The Kier molecular flexibility index (Phi) is 6.85. The lowest BCUT2D eigenvalue weighted by Crippen LogP contribution is -2.43. The lowest BCUT2D eigenvalue weighted by molar-refractivity contribution is -0.135. The monoisotopic (exact) mass is 386 g/mol. The molecule has 0 radical (unpaired) electrons. The normalized spacial score (nSPS) is 14.9. The molecule has 1 aliphatic rings. The Hall–Kier alpha value is -2.63. The molecule has 0 bridgehead atoms. The molecule has 3 rings (SSSR count). The Morgan fingerprint density at radius 2 is 1.93 bits per heavy atom. The Morgan fingerprint density at radius 1 is 1.18 bits per heavy atom. The van der Waals surface area contributed by atoms with Gasteiger partial charge < -0.3 is 14.6 Å². The van der Waals surface area contributed by atoms with E-state index in [-0.39, 0.29) is 23.5 Å². The van der Waals surface area contributed by atoms with E-state index < -0.39 is 0 Å². The van der Waals surface area contributed by atoms with Crippen LogP contribution in [0.5, 0.6) is 0 Å². The van der Waals surface area contributed by atoms with Gasteiger partial charge in [-0.15, -0.1) is 0 Å². The van der Waals surface area contributed by atoms with Crippen LogP contribution in [0.3, 0.4) is 0 Å². The third-order valence-corrected chi connectivity index (χ3v) is 5.15. The van der Waals surface area contributed by atoms with E-state index in [0.717, 1.165) is 6.42 Å². The summed E-state index contributed by atoms with van der Waals surface area (Å²) in [6.07, 6.45) is 3.16. The molecule has 1 aromatic heterocycles. The van der Waals surface area contributed by atoms with E-state index in [4.69, 9.17) is 4.42 Å². The second-order valence-electron chi connectivity index (χ2n) is 7.19. The number of nitrogens with one attached hydrogen (secondary N) is 1. The zero-order valence-electron chi connectivity index (χ0n) is 16.2. The Morgan fingerprint density at radius 3 is 2.64 bits per heavy atom.